The Kier molecular flexibility index (Phi) is 3.60. The van der Waals surface area contributed by atoms with Gasteiger partial charge in [-0.3, -0.25) is 9.20 Å². The first-order valence-electron chi connectivity index (χ1n) is 6.17. The zero-order valence-corrected chi connectivity index (χ0v) is 10.9. The molecule has 1 atom stereocenters. The van der Waals surface area contributed by atoms with Crippen molar-refractivity contribution in [2.45, 2.75) is 33.2 Å². The highest BCUT2D eigenvalue weighted by atomic mass is 16.1. The highest BCUT2D eigenvalue weighted by molar-refractivity contribution is 5.76. The SMILES string of the molecule is CC(C)CC(=O)NC(C)c1nnc2ccccn12. The molecule has 0 fully saturated rings. The third-order valence-corrected chi connectivity index (χ3v) is 2.70. The van der Waals surface area contributed by atoms with Crippen molar-refractivity contribution in [1.29, 1.82) is 0 Å². The molecule has 0 radical (unpaired) electrons. The molecule has 2 heterocycles. The number of carbonyl (C=O) groups excluding carboxylic acids is 1. The lowest BCUT2D eigenvalue weighted by atomic mass is 10.1. The van der Waals surface area contributed by atoms with Gasteiger partial charge >= 0.3 is 0 Å². The number of pyridine rings is 1. The maximum atomic E-state index is 11.7. The summed E-state index contributed by atoms with van der Waals surface area (Å²) in [5.74, 6) is 1.15. The summed E-state index contributed by atoms with van der Waals surface area (Å²) in [4.78, 5) is 11.7. The van der Waals surface area contributed by atoms with Crippen molar-refractivity contribution in [2.75, 3.05) is 0 Å². The summed E-state index contributed by atoms with van der Waals surface area (Å²) in [5, 5.41) is 11.1. The predicted molar refractivity (Wildman–Crippen MR) is 69.0 cm³/mol. The van der Waals surface area contributed by atoms with E-state index in [-0.39, 0.29) is 11.9 Å². The normalized spacial score (nSPS) is 12.9. The van der Waals surface area contributed by atoms with Crippen LogP contribution in [0, 0.1) is 5.92 Å². The number of hydrogen-bond acceptors (Lipinski definition) is 3. The average Bonchev–Trinajstić information content (AvgIpc) is 2.71. The van der Waals surface area contributed by atoms with E-state index in [2.05, 4.69) is 15.5 Å². The smallest absolute Gasteiger partial charge is 0.220 e. The Bertz CT molecular complexity index is 547. The summed E-state index contributed by atoms with van der Waals surface area (Å²) in [5.41, 5.74) is 0.789. The minimum Gasteiger partial charge on any atom is -0.346 e. The van der Waals surface area contributed by atoms with Crippen LogP contribution in [0.3, 0.4) is 0 Å². The van der Waals surface area contributed by atoms with Crippen LogP contribution in [0.15, 0.2) is 24.4 Å². The summed E-state index contributed by atoms with van der Waals surface area (Å²) in [6.45, 7) is 5.97. The molecule has 96 valence electrons. The lowest BCUT2D eigenvalue weighted by molar-refractivity contribution is -0.122. The Morgan fingerprint density at radius 2 is 2.11 bits per heavy atom. The van der Waals surface area contributed by atoms with Gasteiger partial charge in [-0.15, -0.1) is 10.2 Å². The first-order chi connectivity index (χ1) is 8.58. The number of fused-ring (bicyclic) bond motifs is 1. The lowest BCUT2D eigenvalue weighted by Crippen LogP contribution is -2.28. The maximum Gasteiger partial charge on any atom is 0.220 e. The molecule has 0 aliphatic carbocycles. The second-order valence-corrected chi connectivity index (χ2v) is 4.87. The molecular formula is C13H18N4O. The molecule has 0 saturated carbocycles. The summed E-state index contributed by atoms with van der Waals surface area (Å²) in [6, 6.07) is 5.57. The molecule has 0 aliphatic heterocycles. The van der Waals surface area contributed by atoms with Gasteiger partial charge in [0.05, 0.1) is 6.04 Å². The van der Waals surface area contributed by atoms with Gasteiger partial charge in [-0.2, -0.15) is 0 Å². The molecule has 1 unspecified atom stereocenters. The fourth-order valence-corrected chi connectivity index (χ4v) is 1.89. The topological polar surface area (TPSA) is 59.3 Å². The lowest BCUT2D eigenvalue weighted by Gasteiger charge is -2.13. The van der Waals surface area contributed by atoms with E-state index >= 15 is 0 Å². The van der Waals surface area contributed by atoms with E-state index in [1.54, 1.807) is 0 Å². The quantitative estimate of drug-likeness (QED) is 0.897. The predicted octanol–water partition coefficient (Wildman–Crippen LogP) is 1.95. The first-order valence-corrected chi connectivity index (χ1v) is 6.17. The number of amides is 1. The van der Waals surface area contributed by atoms with Crippen LogP contribution in [0.4, 0.5) is 0 Å². The van der Waals surface area contributed by atoms with E-state index in [1.807, 2.05) is 49.6 Å². The van der Waals surface area contributed by atoms with Gasteiger partial charge in [0.25, 0.3) is 0 Å². The van der Waals surface area contributed by atoms with Crippen LogP contribution >= 0.6 is 0 Å². The van der Waals surface area contributed by atoms with Crippen molar-refractivity contribution < 1.29 is 4.79 Å². The summed E-state index contributed by atoms with van der Waals surface area (Å²) in [6.07, 6.45) is 2.43. The molecular weight excluding hydrogens is 228 g/mol. The minimum atomic E-state index is -0.145. The van der Waals surface area contributed by atoms with Gasteiger partial charge in [0.1, 0.15) is 0 Å². The van der Waals surface area contributed by atoms with E-state index in [9.17, 15) is 4.79 Å². The standard InChI is InChI=1S/C13H18N4O/c1-9(2)8-12(18)14-10(3)13-16-15-11-6-4-5-7-17(11)13/h4-7,9-10H,8H2,1-3H3,(H,14,18). The molecule has 0 spiro atoms. The Labute approximate surface area is 106 Å². The van der Waals surface area contributed by atoms with Crippen LogP contribution in [0.1, 0.15) is 39.1 Å². The van der Waals surface area contributed by atoms with Crippen LogP contribution in [0.5, 0.6) is 0 Å². The summed E-state index contributed by atoms with van der Waals surface area (Å²) >= 11 is 0. The molecule has 0 aromatic carbocycles. The van der Waals surface area contributed by atoms with Gasteiger partial charge in [-0.25, -0.2) is 0 Å². The van der Waals surface area contributed by atoms with Gasteiger partial charge < -0.3 is 5.32 Å². The average molecular weight is 246 g/mol. The number of nitrogens with one attached hydrogen (secondary N) is 1. The molecule has 5 heteroatoms. The maximum absolute atomic E-state index is 11.7. The number of nitrogens with zero attached hydrogens (tertiary/aromatic N) is 3. The van der Waals surface area contributed by atoms with E-state index in [0.29, 0.717) is 12.3 Å². The molecule has 1 amide bonds. The molecule has 0 saturated heterocycles. The molecule has 5 nitrogen and oxygen atoms in total. The van der Waals surface area contributed by atoms with E-state index in [1.165, 1.54) is 0 Å². The van der Waals surface area contributed by atoms with Crippen LogP contribution in [-0.2, 0) is 4.79 Å². The zero-order chi connectivity index (χ0) is 13.1. The molecule has 1 N–H and O–H groups in total. The number of hydrogen-bond donors (Lipinski definition) is 1. The monoisotopic (exact) mass is 246 g/mol. The Morgan fingerprint density at radius 3 is 2.83 bits per heavy atom. The Morgan fingerprint density at radius 1 is 1.33 bits per heavy atom. The van der Waals surface area contributed by atoms with Crippen molar-refractivity contribution in [2.24, 2.45) is 5.92 Å². The third-order valence-electron chi connectivity index (χ3n) is 2.70. The van der Waals surface area contributed by atoms with Gasteiger partial charge in [0.2, 0.25) is 5.91 Å². The van der Waals surface area contributed by atoms with Crippen LogP contribution in [-0.4, -0.2) is 20.5 Å². The van der Waals surface area contributed by atoms with Gasteiger partial charge in [0.15, 0.2) is 11.5 Å². The minimum absolute atomic E-state index is 0.0465. The van der Waals surface area contributed by atoms with Crippen LogP contribution in [0.2, 0.25) is 0 Å². The van der Waals surface area contributed by atoms with Crippen LogP contribution < -0.4 is 5.32 Å². The molecule has 2 rings (SSSR count). The highest BCUT2D eigenvalue weighted by Crippen LogP contribution is 2.12. The summed E-state index contributed by atoms with van der Waals surface area (Å²) < 4.78 is 1.89. The number of aromatic nitrogens is 3. The molecule has 0 bridgehead atoms. The molecule has 2 aromatic rings. The third kappa shape index (κ3) is 2.67. The van der Waals surface area contributed by atoms with E-state index in [4.69, 9.17) is 0 Å². The second kappa shape index (κ2) is 5.16. The molecule has 18 heavy (non-hydrogen) atoms. The first kappa shape index (κ1) is 12.5. The highest BCUT2D eigenvalue weighted by Gasteiger charge is 2.15. The van der Waals surface area contributed by atoms with Gasteiger partial charge in [-0.1, -0.05) is 19.9 Å². The zero-order valence-electron chi connectivity index (χ0n) is 10.9. The number of carbonyl (C=O) groups is 1. The Hall–Kier alpha value is -1.91. The Balaban J connectivity index is 2.14. The largest absolute Gasteiger partial charge is 0.346 e. The second-order valence-electron chi connectivity index (χ2n) is 4.87. The molecule has 0 aliphatic rings. The van der Waals surface area contributed by atoms with E-state index in [0.717, 1.165) is 11.5 Å². The fourth-order valence-electron chi connectivity index (χ4n) is 1.89. The van der Waals surface area contributed by atoms with Gasteiger partial charge in [-0.05, 0) is 25.0 Å². The fraction of sp³-hybridized carbons (Fsp3) is 0.462. The van der Waals surface area contributed by atoms with Crippen LogP contribution in [0.25, 0.3) is 5.65 Å². The van der Waals surface area contributed by atoms with E-state index < -0.39 is 0 Å². The van der Waals surface area contributed by atoms with Crippen molar-refractivity contribution in [3.63, 3.8) is 0 Å². The van der Waals surface area contributed by atoms with Gasteiger partial charge in [0, 0.05) is 12.6 Å². The molecule has 2 aromatic heterocycles. The number of rotatable bonds is 4. The van der Waals surface area contributed by atoms with Crippen molar-refractivity contribution in [1.82, 2.24) is 19.9 Å². The van der Waals surface area contributed by atoms with Crippen molar-refractivity contribution >= 4 is 11.6 Å². The van der Waals surface area contributed by atoms with Crippen molar-refractivity contribution in [3.8, 4) is 0 Å². The van der Waals surface area contributed by atoms with Crippen molar-refractivity contribution in [3.05, 3.63) is 30.2 Å². The summed E-state index contributed by atoms with van der Waals surface area (Å²) in [7, 11) is 0.